The summed E-state index contributed by atoms with van der Waals surface area (Å²) in [6.45, 7) is 3.46. The van der Waals surface area contributed by atoms with E-state index >= 15 is 0 Å². The van der Waals surface area contributed by atoms with Gasteiger partial charge in [0.15, 0.2) is 0 Å². The van der Waals surface area contributed by atoms with Crippen LogP contribution in [0.25, 0.3) is 0 Å². The first kappa shape index (κ1) is 13.7. The topological polar surface area (TPSA) is 61.6 Å². The van der Waals surface area contributed by atoms with Crippen LogP contribution in [0.15, 0.2) is 18.2 Å². The zero-order valence-corrected chi connectivity index (χ0v) is 12.1. The second kappa shape index (κ2) is 5.60. The van der Waals surface area contributed by atoms with Crippen LogP contribution < -0.4 is 11.3 Å². The van der Waals surface area contributed by atoms with Gasteiger partial charge < -0.3 is 10.3 Å². The Balaban J connectivity index is 1.71. The number of piperazine rings is 1. The molecule has 1 aromatic rings. The predicted molar refractivity (Wildman–Crippen MR) is 79.8 cm³/mol. The monoisotopic (exact) mass is 294 g/mol. The minimum atomic E-state index is -0.00380. The van der Waals surface area contributed by atoms with E-state index in [9.17, 15) is 4.79 Å². The summed E-state index contributed by atoms with van der Waals surface area (Å²) in [6.07, 6.45) is 2.62. The summed E-state index contributed by atoms with van der Waals surface area (Å²) in [6, 6.07) is 5.89. The Morgan fingerprint density at radius 2 is 1.95 bits per heavy atom. The fraction of sp³-hybridized carbons (Fsp3) is 0.500. The van der Waals surface area contributed by atoms with Crippen LogP contribution in [-0.2, 0) is 0 Å². The molecule has 1 heterocycles. The maximum atomic E-state index is 12.6. The van der Waals surface area contributed by atoms with Gasteiger partial charge in [-0.25, -0.2) is 0 Å². The van der Waals surface area contributed by atoms with E-state index in [1.54, 1.807) is 18.2 Å². The number of amides is 1. The number of hydrazine groups is 1. The van der Waals surface area contributed by atoms with E-state index in [-0.39, 0.29) is 5.91 Å². The summed E-state index contributed by atoms with van der Waals surface area (Å²) in [5.41, 5.74) is 3.72. The molecule has 1 amide bonds. The molecular formula is C14H19ClN4O. The minimum absolute atomic E-state index is 0.00380. The molecule has 0 atom stereocenters. The quantitative estimate of drug-likeness (QED) is 0.656. The third-order valence-corrected chi connectivity index (χ3v) is 4.27. The lowest BCUT2D eigenvalue weighted by atomic mass is 10.1. The van der Waals surface area contributed by atoms with E-state index in [2.05, 4.69) is 10.3 Å². The SMILES string of the molecule is NNc1ccc(Cl)cc1C(=O)N1CCN(C2CC2)CC1. The van der Waals surface area contributed by atoms with Crippen molar-refractivity contribution < 1.29 is 4.79 Å². The molecule has 0 bridgehead atoms. The third-order valence-electron chi connectivity index (χ3n) is 4.03. The molecule has 5 nitrogen and oxygen atoms in total. The fourth-order valence-electron chi connectivity index (χ4n) is 2.72. The Kier molecular flexibility index (Phi) is 3.83. The summed E-state index contributed by atoms with van der Waals surface area (Å²) >= 11 is 5.98. The van der Waals surface area contributed by atoms with Crippen molar-refractivity contribution in [2.75, 3.05) is 31.6 Å². The Morgan fingerprint density at radius 3 is 2.55 bits per heavy atom. The van der Waals surface area contributed by atoms with Gasteiger partial charge >= 0.3 is 0 Å². The summed E-state index contributed by atoms with van der Waals surface area (Å²) in [5.74, 6) is 5.46. The van der Waals surface area contributed by atoms with Crippen LogP contribution in [0.4, 0.5) is 5.69 Å². The molecule has 6 heteroatoms. The number of hydrogen-bond donors (Lipinski definition) is 2. The molecular weight excluding hydrogens is 276 g/mol. The van der Waals surface area contributed by atoms with Gasteiger partial charge in [-0.15, -0.1) is 0 Å². The van der Waals surface area contributed by atoms with Crippen LogP contribution in [0.2, 0.25) is 5.02 Å². The molecule has 1 aromatic carbocycles. The Hall–Kier alpha value is -1.30. The number of hydrogen-bond acceptors (Lipinski definition) is 4. The van der Waals surface area contributed by atoms with Gasteiger partial charge in [0.1, 0.15) is 0 Å². The number of nitrogens with one attached hydrogen (secondary N) is 1. The molecule has 0 radical (unpaired) electrons. The van der Waals surface area contributed by atoms with E-state index in [0.717, 1.165) is 32.2 Å². The van der Waals surface area contributed by atoms with Gasteiger partial charge in [0, 0.05) is 37.2 Å². The van der Waals surface area contributed by atoms with Crippen molar-refractivity contribution in [3.8, 4) is 0 Å². The van der Waals surface area contributed by atoms with E-state index in [1.165, 1.54) is 12.8 Å². The van der Waals surface area contributed by atoms with E-state index in [0.29, 0.717) is 16.3 Å². The molecule has 2 aliphatic rings. The van der Waals surface area contributed by atoms with Crippen LogP contribution in [0.5, 0.6) is 0 Å². The number of carbonyl (C=O) groups excluding carboxylic acids is 1. The fourth-order valence-corrected chi connectivity index (χ4v) is 2.89. The Morgan fingerprint density at radius 1 is 1.25 bits per heavy atom. The van der Waals surface area contributed by atoms with Crippen LogP contribution in [0, 0.1) is 0 Å². The zero-order chi connectivity index (χ0) is 14.1. The second-order valence-electron chi connectivity index (χ2n) is 5.39. The highest BCUT2D eigenvalue weighted by molar-refractivity contribution is 6.31. The summed E-state index contributed by atoms with van der Waals surface area (Å²) in [5, 5.41) is 0.545. The number of nitrogens with zero attached hydrogens (tertiary/aromatic N) is 2. The molecule has 1 saturated carbocycles. The Labute approximate surface area is 123 Å². The molecule has 3 rings (SSSR count). The molecule has 2 fully saturated rings. The number of carbonyl (C=O) groups is 1. The molecule has 3 N–H and O–H groups in total. The van der Waals surface area contributed by atoms with E-state index in [1.807, 2.05) is 4.90 Å². The molecule has 0 aromatic heterocycles. The van der Waals surface area contributed by atoms with Gasteiger partial charge in [-0.2, -0.15) is 0 Å². The first-order chi connectivity index (χ1) is 9.69. The largest absolute Gasteiger partial charge is 0.336 e. The van der Waals surface area contributed by atoms with Crippen molar-refractivity contribution in [2.24, 2.45) is 5.84 Å². The number of nitrogens with two attached hydrogens (primary N) is 1. The van der Waals surface area contributed by atoms with Gasteiger partial charge in [-0.05, 0) is 31.0 Å². The van der Waals surface area contributed by atoms with Crippen molar-refractivity contribution in [1.29, 1.82) is 0 Å². The smallest absolute Gasteiger partial charge is 0.256 e. The van der Waals surface area contributed by atoms with Crippen molar-refractivity contribution >= 4 is 23.2 Å². The van der Waals surface area contributed by atoms with Gasteiger partial charge in [0.2, 0.25) is 0 Å². The van der Waals surface area contributed by atoms with Gasteiger partial charge in [0.25, 0.3) is 5.91 Å². The number of benzene rings is 1. The molecule has 1 aliphatic carbocycles. The van der Waals surface area contributed by atoms with E-state index in [4.69, 9.17) is 17.4 Å². The summed E-state index contributed by atoms with van der Waals surface area (Å²) < 4.78 is 0. The van der Waals surface area contributed by atoms with Crippen molar-refractivity contribution in [3.63, 3.8) is 0 Å². The van der Waals surface area contributed by atoms with Crippen LogP contribution in [0.1, 0.15) is 23.2 Å². The highest BCUT2D eigenvalue weighted by Crippen LogP contribution is 2.28. The van der Waals surface area contributed by atoms with Crippen LogP contribution in [0.3, 0.4) is 0 Å². The maximum absolute atomic E-state index is 12.6. The average Bonchev–Trinajstić information content (AvgIpc) is 3.31. The van der Waals surface area contributed by atoms with Gasteiger partial charge in [-0.1, -0.05) is 11.6 Å². The number of rotatable bonds is 3. The van der Waals surface area contributed by atoms with Crippen molar-refractivity contribution in [2.45, 2.75) is 18.9 Å². The van der Waals surface area contributed by atoms with Crippen molar-refractivity contribution in [1.82, 2.24) is 9.80 Å². The summed E-state index contributed by atoms with van der Waals surface area (Å²) in [7, 11) is 0. The molecule has 0 spiro atoms. The molecule has 20 heavy (non-hydrogen) atoms. The number of anilines is 1. The van der Waals surface area contributed by atoms with Crippen molar-refractivity contribution in [3.05, 3.63) is 28.8 Å². The van der Waals surface area contributed by atoms with Gasteiger partial charge in [-0.3, -0.25) is 15.5 Å². The predicted octanol–water partition coefficient (Wildman–Crippen LogP) is 1.55. The highest BCUT2D eigenvalue weighted by atomic mass is 35.5. The number of nitrogen functional groups attached to an aromatic ring is 1. The zero-order valence-electron chi connectivity index (χ0n) is 11.3. The number of halogens is 1. The van der Waals surface area contributed by atoms with Crippen LogP contribution in [-0.4, -0.2) is 47.9 Å². The molecule has 0 unspecified atom stereocenters. The highest BCUT2D eigenvalue weighted by Gasteiger charge is 2.32. The lowest BCUT2D eigenvalue weighted by molar-refractivity contribution is 0.0628. The first-order valence-corrected chi connectivity index (χ1v) is 7.36. The minimum Gasteiger partial charge on any atom is -0.336 e. The normalized spacial score (nSPS) is 20.0. The average molecular weight is 295 g/mol. The molecule has 1 saturated heterocycles. The molecule has 108 valence electrons. The maximum Gasteiger partial charge on any atom is 0.256 e. The van der Waals surface area contributed by atoms with Gasteiger partial charge in [0.05, 0.1) is 11.3 Å². The standard InChI is InChI=1S/C14H19ClN4O/c15-10-1-4-13(17-16)12(9-10)14(20)19-7-5-18(6-8-19)11-2-3-11/h1,4,9,11,17H,2-3,5-8,16H2. The lowest BCUT2D eigenvalue weighted by Crippen LogP contribution is -2.49. The molecule has 1 aliphatic heterocycles. The third kappa shape index (κ3) is 2.75. The Bertz CT molecular complexity index is 510. The second-order valence-corrected chi connectivity index (χ2v) is 5.83. The summed E-state index contributed by atoms with van der Waals surface area (Å²) in [4.78, 5) is 16.9. The van der Waals surface area contributed by atoms with E-state index < -0.39 is 0 Å². The first-order valence-electron chi connectivity index (χ1n) is 6.98. The van der Waals surface area contributed by atoms with Crippen LogP contribution >= 0.6 is 11.6 Å². The lowest BCUT2D eigenvalue weighted by Gasteiger charge is -2.35.